The Hall–Kier alpha value is -2.29. The molecule has 0 bridgehead atoms. The molecule has 0 fully saturated rings. The van der Waals surface area contributed by atoms with Gasteiger partial charge in [-0.1, -0.05) is 30.4 Å². The number of aromatic nitrogens is 1. The van der Waals surface area contributed by atoms with Crippen LogP contribution < -0.4 is 5.32 Å². The van der Waals surface area contributed by atoms with Gasteiger partial charge in [-0.15, -0.1) is 0 Å². The molecule has 3 rings (SSSR count). The fourth-order valence-electron chi connectivity index (χ4n) is 3.03. The first-order valence-electron chi connectivity index (χ1n) is 10.00. The number of amides is 1. The fourth-order valence-corrected chi connectivity index (χ4v) is 3.99. The SMILES string of the molecule is CCCOCCCC(=O)c1sc(NC(=O)CN2CC=CCC2)nc1-c1ccco1. The highest BCUT2D eigenvalue weighted by Gasteiger charge is 2.22. The standard InChI is InChI=1S/C21H27N3O4S/c1-2-12-27-13-6-8-16(25)20-19(17-9-7-14-28-17)23-21(29-20)22-18(26)15-24-10-4-3-5-11-24/h3-4,7,9,14H,2,5-6,8,10-13,15H2,1H3,(H,22,23,26). The van der Waals surface area contributed by atoms with E-state index in [4.69, 9.17) is 9.15 Å². The van der Waals surface area contributed by atoms with Gasteiger partial charge in [-0.25, -0.2) is 4.98 Å². The van der Waals surface area contributed by atoms with Gasteiger partial charge in [0.05, 0.1) is 12.8 Å². The van der Waals surface area contributed by atoms with Crippen molar-refractivity contribution in [3.63, 3.8) is 0 Å². The van der Waals surface area contributed by atoms with E-state index in [1.54, 1.807) is 18.4 Å². The summed E-state index contributed by atoms with van der Waals surface area (Å²) in [6, 6.07) is 3.52. The van der Waals surface area contributed by atoms with Gasteiger partial charge < -0.3 is 14.5 Å². The summed E-state index contributed by atoms with van der Waals surface area (Å²) in [4.78, 5) is 32.2. The summed E-state index contributed by atoms with van der Waals surface area (Å²) in [5.41, 5.74) is 0.482. The van der Waals surface area contributed by atoms with Crippen LogP contribution in [0.4, 0.5) is 5.13 Å². The number of carbonyl (C=O) groups is 2. The summed E-state index contributed by atoms with van der Waals surface area (Å²) >= 11 is 1.20. The number of ether oxygens (including phenoxy) is 1. The molecule has 1 amide bonds. The molecular weight excluding hydrogens is 390 g/mol. The third-order valence-electron chi connectivity index (χ3n) is 4.43. The lowest BCUT2D eigenvalue weighted by molar-refractivity contribution is -0.117. The molecule has 29 heavy (non-hydrogen) atoms. The van der Waals surface area contributed by atoms with Crippen LogP contribution in [0.2, 0.25) is 0 Å². The second-order valence-corrected chi connectivity index (χ2v) is 7.86. The number of carbonyl (C=O) groups excluding carboxylic acids is 2. The Kier molecular flexibility index (Phi) is 8.15. The van der Waals surface area contributed by atoms with Crippen LogP contribution in [0.3, 0.4) is 0 Å². The minimum absolute atomic E-state index is 0.0179. The summed E-state index contributed by atoms with van der Waals surface area (Å²) in [7, 11) is 0. The first-order valence-corrected chi connectivity index (χ1v) is 10.8. The predicted molar refractivity (Wildman–Crippen MR) is 113 cm³/mol. The maximum Gasteiger partial charge on any atom is 0.240 e. The van der Waals surface area contributed by atoms with E-state index in [1.165, 1.54) is 11.3 Å². The fraction of sp³-hybridized carbons (Fsp3) is 0.476. The van der Waals surface area contributed by atoms with Gasteiger partial charge in [-0.2, -0.15) is 0 Å². The maximum absolute atomic E-state index is 12.8. The maximum atomic E-state index is 12.8. The topological polar surface area (TPSA) is 84.7 Å². The number of furan rings is 1. The number of hydrogen-bond acceptors (Lipinski definition) is 7. The molecule has 0 atom stereocenters. The molecule has 156 valence electrons. The second kappa shape index (κ2) is 11.0. The van der Waals surface area contributed by atoms with Crippen molar-refractivity contribution >= 4 is 28.2 Å². The van der Waals surface area contributed by atoms with Gasteiger partial charge in [0.25, 0.3) is 0 Å². The van der Waals surface area contributed by atoms with Crippen LogP contribution in [0.15, 0.2) is 35.0 Å². The Morgan fingerprint density at radius 3 is 2.97 bits per heavy atom. The Bertz CT molecular complexity index is 829. The van der Waals surface area contributed by atoms with Gasteiger partial charge >= 0.3 is 0 Å². The largest absolute Gasteiger partial charge is 0.463 e. The third-order valence-corrected chi connectivity index (χ3v) is 5.44. The molecule has 0 aromatic carbocycles. The van der Waals surface area contributed by atoms with E-state index in [0.29, 0.717) is 54.1 Å². The normalized spacial score (nSPS) is 14.2. The Morgan fingerprint density at radius 2 is 2.24 bits per heavy atom. The highest BCUT2D eigenvalue weighted by Crippen LogP contribution is 2.32. The molecule has 0 aliphatic carbocycles. The van der Waals surface area contributed by atoms with Crippen molar-refractivity contribution in [1.29, 1.82) is 0 Å². The number of nitrogens with zero attached hydrogens (tertiary/aromatic N) is 2. The van der Waals surface area contributed by atoms with Gasteiger partial charge in [-0.3, -0.25) is 14.5 Å². The zero-order valence-corrected chi connectivity index (χ0v) is 17.5. The number of nitrogens with one attached hydrogen (secondary N) is 1. The monoisotopic (exact) mass is 417 g/mol. The lowest BCUT2D eigenvalue weighted by Crippen LogP contribution is -2.35. The molecule has 8 heteroatoms. The number of ketones is 1. The molecule has 7 nitrogen and oxygen atoms in total. The van der Waals surface area contributed by atoms with Crippen molar-refractivity contribution in [3.05, 3.63) is 35.4 Å². The number of anilines is 1. The molecule has 2 aromatic rings. The van der Waals surface area contributed by atoms with E-state index in [-0.39, 0.29) is 11.7 Å². The first-order chi connectivity index (χ1) is 14.2. The highest BCUT2D eigenvalue weighted by atomic mass is 32.1. The third kappa shape index (κ3) is 6.35. The average molecular weight is 418 g/mol. The van der Waals surface area contributed by atoms with Crippen LogP contribution >= 0.6 is 11.3 Å². The molecule has 0 unspecified atom stereocenters. The van der Waals surface area contributed by atoms with Gasteiger partial charge in [0.2, 0.25) is 5.91 Å². The van der Waals surface area contributed by atoms with Gasteiger partial charge in [0.15, 0.2) is 16.7 Å². The van der Waals surface area contributed by atoms with Crippen LogP contribution in [0.25, 0.3) is 11.5 Å². The van der Waals surface area contributed by atoms with Gasteiger partial charge in [0.1, 0.15) is 10.6 Å². The van der Waals surface area contributed by atoms with Crippen molar-refractivity contribution in [1.82, 2.24) is 9.88 Å². The quantitative estimate of drug-likeness (QED) is 0.338. The van der Waals surface area contributed by atoms with Crippen LogP contribution in [0.1, 0.15) is 42.3 Å². The van der Waals surface area contributed by atoms with Crippen LogP contribution in [-0.4, -0.2) is 54.4 Å². The van der Waals surface area contributed by atoms with E-state index < -0.39 is 0 Å². The molecular formula is C21H27N3O4S. The smallest absolute Gasteiger partial charge is 0.240 e. The molecule has 0 radical (unpaired) electrons. The van der Waals surface area contributed by atoms with Gasteiger partial charge in [0, 0.05) is 32.7 Å². The number of Topliss-reactive ketones (excluding diaryl/α,β-unsaturated/α-hetero) is 1. The Labute approximate surface area is 174 Å². The van der Waals surface area contributed by atoms with E-state index in [1.807, 2.05) is 0 Å². The van der Waals surface area contributed by atoms with E-state index in [0.717, 1.165) is 25.9 Å². The summed E-state index contributed by atoms with van der Waals surface area (Å²) in [6.07, 6.45) is 8.66. The molecule has 0 saturated heterocycles. The van der Waals surface area contributed by atoms with Crippen LogP contribution in [0, 0.1) is 0 Å². The Morgan fingerprint density at radius 1 is 1.34 bits per heavy atom. The summed E-state index contributed by atoms with van der Waals surface area (Å²) in [5, 5.41) is 3.25. The Balaban J connectivity index is 1.65. The van der Waals surface area contributed by atoms with E-state index in [2.05, 4.69) is 34.3 Å². The number of thiazole rings is 1. The van der Waals surface area contributed by atoms with Crippen molar-refractivity contribution in [2.24, 2.45) is 0 Å². The number of hydrogen-bond donors (Lipinski definition) is 1. The van der Waals surface area contributed by atoms with Crippen molar-refractivity contribution in [2.45, 2.75) is 32.6 Å². The molecule has 3 heterocycles. The van der Waals surface area contributed by atoms with Crippen LogP contribution in [-0.2, 0) is 9.53 Å². The lowest BCUT2D eigenvalue weighted by atomic mass is 10.1. The van der Waals surface area contributed by atoms with Crippen molar-refractivity contribution in [3.8, 4) is 11.5 Å². The molecule has 1 aliphatic rings. The zero-order valence-electron chi connectivity index (χ0n) is 16.7. The molecule has 2 aromatic heterocycles. The molecule has 0 spiro atoms. The molecule has 1 aliphatic heterocycles. The zero-order chi connectivity index (χ0) is 20.5. The predicted octanol–water partition coefficient (Wildman–Crippen LogP) is 3.99. The molecule has 1 N–H and O–H groups in total. The van der Waals surface area contributed by atoms with Gasteiger partial charge in [-0.05, 0) is 31.4 Å². The number of rotatable bonds is 11. The summed E-state index contributed by atoms with van der Waals surface area (Å²) in [5.74, 6) is 0.371. The van der Waals surface area contributed by atoms with Crippen molar-refractivity contribution in [2.75, 3.05) is 38.2 Å². The molecule has 0 saturated carbocycles. The minimum Gasteiger partial charge on any atom is -0.463 e. The highest BCUT2D eigenvalue weighted by molar-refractivity contribution is 7.18. The second-order valence-electron chi connectivity index (χ2n) is 6.86. The first kappa shape index (κ1) is 21.4. The average Bonchev–Trinajstić information content (AvgIpc) is 3.38. The lowest BCUT2D eigenvalue weighted by Gasteiger charge is -2.21. The minimum atomic E-state index is -0.132. The summed E-state index contributed by atoms with van der Waals surface area (Å²) in [6.45, 7) is 5.25. The van der Waals surface area contributed by atoms with E-state index in [9.17, 15) is 9.59 Å². The van der Waals surface area contributed by atoms with E-state index >= 15 is 0 Å². The van der Waals surface area contributed by atoms with Crippen LogP contribution in [0.5, 0.6) is 0 Å². The van der Waals surface area contributed by atoms with Crippen molar-refractivity contribution < 1.29 is 18.7 Å². The summed E-state index contributed by atoms with van der Waals surface area (Å²) < 4.78 is 10.9.